The highest BCUT2D eigenvalue weighted by Crippen LogP contribution is 2.31. The summed E-state index contributed by atoms with van der Waals surface area (Å²) in [5.41, 5.74) is 4.64. The van der Waals surface area contributed by atoms with Crippen LogP contribution in [0.4, 0.5) is 4.79 Å². The fourth-order valence-corrected chi connectivity index (χ4v) is 4.01. The van der Waals surface area contributed by atoms with Crippen LogP contribution in [0.2, 0.25) is 0 Å². The Kier molecular flexibility index (Phi) is 6.88. The Hall–Kier alpha value is -1.92. The number of hydrogen-bond donors (Lipinski definition) is 1. The van der Waals surface area contributed by atoms with Crippen LogP contribution in [0.15, 0.2) is 0 Å². The second-order valence-electron chi connectivity index (χ2n) is 7.62. The molecule has 2 heterocycles. The third-order valence-corrected chi connectivity index (χ3v) is 5.48. The lowest BCUT2D eigenvalue weighted by Gasteiger charge is -2.27. The molecule has 0 aromatic rings. The van der Waals surface area contributed by atoms with E-state index in [1.54, 1.807) is 20.8 Å². The van der Waals surface area contributed by atoms with Crippen LogP contribution >= 0.6 is 0 Å². The first-order valence-electron chi connectivity index (χ1n) is 9.09. The first kappa shape index (κ1) is 22.4. The average molecular weight is 421 g/mol. The fraction of sp³-hybridized carbons (Fsp3) is 0.812. The number of nitrogens with zero attached hydrogens (tertiary/aromatic N) is 2. The van der Waals surface area contributed by atoms with Crippen molar-refractivity contribution >= 4 is 28.3 Å². The maximum atomic E-state index is 12.4. The number of nitrogens with two attached hydrogens (primary N) is 1. The Balaban J connectivity index is 1.91. The molecular weight excluding hydrogens is 394 g/mol. The Labute approximate surface area is 164 Å². The highest BCUT2D eigenvalue weighted by molar-refractivity contribution is 7.81. The van der Waals surface area contributed by atoms with Crippen LogP contribution in [0.25, 0.3) is 0 Å². The molecule has 0 saturated carbocycles. The highest BCUT2D eigenvalue weighted by Gasteiger charge is 2.49. The first-order valence-corrected chi connectivity index (χ1v) is 10.4. The second kappa shape index (κ2) is 8.62. The summed E-state index contributed by atoms with van der Waals surface area (Å²) >= 11 is 0. The number of hydrogen-bond acceptors (Lipinski definition) is 8. The molecule has 12 heteroatoms. The van der Waals surface area contributed by atoms with Gasteiger partial charge in [-0.25, -0.2) is 8.98 Å². The van der Waals surface area contributed by atoms with Crippen molar-refractivity contribution < 1.29 is 36.0 Å². The maximum Gasteiger partial charge on any atom is 0.421 e. The van der Waals surface area contributed by atoms with Crippen molar-refractivity contribution in [3.63, 3.8) is 0 Å². The van der Waals surface area contributed by atoms with Crippen LogP contribution in [0.3, 0.4) is 0 Å². The van der Waals surface area contributed by atoms with Crippen molar-refractivity contribution in [1.29, 1.82) is 0 Å². The summed E-state index contributed by atoms with van der Waals surface area (Å²) in [6, 6.07) is -2.01. The van der Waals surface area contributed by atoms with Crippen molar-refractivity contribution in [2.24, 2.45) is 11.1 Å². The van der Waals surface area contributed by atoms with Gasteiger partial charge in [0.25, 0.3) is 0 Å². The normalized spacial score (nSPS) is 22.5. The third-order valence-electron chi connectivity index (χ3n) is 4.73. The number of fused-ring (bicyclic) bond motifs is 2. The summed E-state index contributed by atoms with van der Waals surface area (Å²) in [6.45, 7) is 5.36. The molecule has 0 aromatic carbocycles. The smallest absolute Gasteiger partial charge is 0.421 e. The lowest BCUT2D eigenvalue weighted by molar-refractivity contribution is -0.143. The highest BCUT2D eigenvalue weighted by atomic mass is 32.3. The molecule has 2 aliphatic heterocycles. The largest absolute Gasteiger partial charge is 0.466 e. The van der Waals surface area contributed by atoms with Gasteiger partial charge in [-0.05, 0) is 31.6 Å². The Bertz CT molecular complexity index is 723. The molecule has 3 amide bonds. The van der Waals surface area contributed by atoms with Gasteiger partial charge < -0.3 is 15.4 Å². The molecule has 11 nitrogen and oxygen atoms in total. The monoisotopic (exact) mass is 421 g/mol. The Morgan fingerprint density at radius 2 is 1.96 bits per heavy atom. The van der Waals surface area contributed by atoms with Crippen LogP contribution in [0.1, 0.15) is 46.5 Å². The summed E-state index contributed by atoms with van der Waals surface area (Å²) in [5.74, 6) is -1.02. The van der Waals surface area contributed by atoms with E-state index in [4.69, 9.17) is 18.9 Å². The number of esters is 1. The van der Waals surface area contributed by atoms with Crippen LogP contribution < -0.4 is 5.73 Å². The minimum atomic E-state index is -4.51. The predicted octanol–water partition coefficient (Wildman–Crippen LogP) is 0.303. The molecule has 0 aromatic heterocycles. The van der Waals surface area contributed by atoms with Gasteiger partial charge in [0, 0.05) is 13.0 Å². The van der Waals surface area contributed by atoms with Gasteiger partial charge in [-0.3, -0.25) is 9.59 Å². The zero-order chi connectivity index (χ0) is 21.1. The van der Waals surface area contributed by atoms with Gasteiger partial charge in [0.2, 0.25) is 5.91 Å². The van der Waals surface area contributed by atoms with E-state index >= 15 is 0 Å². The van der Waals surface area contributed by atoms with E-state index in [9.17, 15) is 22.8 Å². The summed E-state index contributed by atoms with van der Waals surface area (Å²) < 4.78 is 39.0. The number of primary amides is 1. The molecule has 2 aliphatic rings. The molecule has 2 N–H and O–H groups in total. The van der Waals surface area contributed by atoms with Crippen molar-refractivity contribution in [1.82, 2.24) is 9.96 Å². The van der Waals surface area contributed by atoms with Gasteiger partial charge in [-0.1, -0.05) is 13.8 Å². The molecule has 0 aliphatic carbocycles. The van der Waals surface area contributed by atoms with E-state index in [0.717, 1.165) is 5.06 Å². The molecule has 2 rings (SSSR count). The van der Waals surface area contributed by atoms with Crippen LogP contribution in [-0.4, -0.2) is 68.1 Å². The molecule has 2 fully saturated rings. The lowest BCUT2D eigenvalue weighted by atomic mass is 9.89. The zero-order valence-electron chi connectivity index (χ0n) is 16.3. The van der Waals surface area contributed by atoms with Crippen molar-refractivity contribution in [3.05, 3.63) is 0 Å². The summed E-state index contributed by atoms with van der Waals surface area (Å²) in [7, 11) is -4.51. The number of piperidine rings is 1. The first-order chi connectivity index (χ1) is 13.0. The van der Waals surface area contributed by atoms with Gasteiger partial charge in [-0.15, -0.1) is 4.28 Å². The molecule has 2 bridgehead atoms. The molecule has 0 spiro atoms. The number of rotatable bonds is 10. The summed E-state index contributed by atoms with van der Waals surface area (Å²) in [6.07, 6.45) is 1.20. The van der Waals surface area contributed by atoms with E-state index in [-0.39, 0.29) is 32.1 Å². The SMILES string of the molecule is CCOC(=O)CCC(C)(C)COS(=O)(=O)ON1C(=O)N2C[C@H]1CC[C@H]2C(N)=O. The number of ether oxygens (including phenoxy) is 1. The van der Waals surface area contributed by atoms with Crippen molar-refractivity contribution in [2.45, 2.75) is 58.5 Å². The van der Waals surface area contributed by atoms with Crippen molar-refractivity contribution in [3.8, 4) is 0 Å². The zero-order valence-corrected chi connectivity index (χ0v) is 17.1. The van der Waals surface area contributed by atoms with E-state index < -0.39 is 39.8 Å². The summed E-state index contributed by atoms with van der Waals surface area (Å²) in [4.78, 5) is 36.5. The van der Waals surface area contributed by atoms with Gasteiger partial charge >= 0.3 is 22.4 Å². The minimum absolute atomic E-state index is 0.126. The topological polar surface area (TPSA) is 146 Å². The minimum Gasteiger partial charge on any atom is -0.466 e. The maximum absolute atomic E-state index is 12.4. The number of amides is 3. The van der Waals surface area contributed by atoms with Crippen LogP contribution in [-0.2, 0) is 33.2 Å². The van der Waals surface area contributed by atoms with E-state index in [1.165, 1.54) is 4.90 Å². The van der Waals surface area contributed by atoms with Crippen LogP contribution in [0.5, 0.6) is 0 Å². The van der Waals surface area contributed by atoms with Gasteiger partial charge in [-0.2, -0.15) is 13.5 Å². The number of carbonyl (C=O) groups excluding carboxylic acids is 3. The number of carbonyl (C=O) groups is 3. The molecule has 2 saturated heterocycles. The molecule has 160 valence electrons. The molecule has 0 unspecified atom stereocenters. The fourth-order valence-electron chi connectivity index (χ4n) is 3.12. The van der Waals surface area contributed by atoms with E-state index in [0.29, 0.717) is 19.3 Å². The number of hydroxylamine groups is 2. The van der Waals surface area contributed by atoms with Crippen molar-refractivity contribution in [2.75, 3.05) is 19.8 Å². The average Bonchev–Trinajstić information content (AvgIpc) is 2.83. The second-order valence-corrected chi connectivity index (χ2v) is 8.83. The predicted molar refractivity (Wildman–Crippen MR) is 95.6 cm³/mol. The van der Waals surface area contributed by atoms with Gasteiger partial charge in [0.05, 0.1) is 19.3 Å². The summed E-state index contributed by atoms with van der Waals surface area (Å²) in [5, 5.41) is 0.726. The quantitative estimate of drug-likeness (QED) is 0.496. The van der Waals surface area contributed by atoms with Gasteiger partial charge in [0.15, 0.2) is 0 Å². The third kappa shape index (κ3) is 5.55. The molecule has 28 heavy (non-hydrogen) atoms. The van der Waals surface area contributed by atoms with Crippen LogP contribution in [0, 0.1) is 5.41 Å². The number of urea groups is 1. The Morgan fingerprint density at radius 1 is 1.29 bits per heavy atom. The van der Waals surface area contributed by atoms with E-state index in [2.05, 4.69) is 0 Å². The standard InChI is InChI=1S/C16H27N3O8S/c1-4-25-13(20)7-8-16(2,3)10-26-28(23,24)27-19-11-5-6-12(14(17)21)18(9-11)15(19)22/h11-12H,4-10H2,1-3H3,(H2,17,21)/t11-,12+/m1/s1. The molecule has 0 radical (unpaired) electrons. The van der Waals surface area contributed by atoms with E-state index in [1.807, 2.05) is 0 Å². The lowest BCUT2D eigenvalue weighted by Crippen LogP contribution is -2.47. The molecular formula is C16H27N3O8S. The Morgan fingerprint density at radius 3 is 2.57 bits per heavy atom. The van der Waals surface area contributed by atoms with Gasteiger partial charge in [0.1, 0.15) is 6.04 Å². The molecule has 2 atom stereocenters.